The van der Waals surface area contributed by atoms with Crippen molar-refractivity contribution in [3.8, 4) is 11.4 Å². The van der Waals surface area contributed by atoms with Crippen LogP contribution in [0, 0.1) is 5.92 Å². The zero-order chi connectivity index (χ0) is 25.4. The van der Waals surface area contributed by atoms with Gasteiger partial charge in [-0.3, -0.25) is 4.98 Å². The summed E-state index contributed by atoms with van der Waals surface area (Å²) in [5.41, 5.74) is 3.68. The van der Waals surface area contributed by atoms with Crippen LogP contribution in [0.15, 0.2) is 42.9 Å². The van der Waals surface area contributed by atoms with Crippen LogP contribution in [0.5, 0.6) is 0 Å². The fourth-order valence-electron chi connectivity index (χ4n) is 6.29. The summed E-state index contributed by atoms with van der Waals surface area (Å²) >= 11 is 0. The molecule has 3 aliphatic heterocycles. The molecule has 0 bridgehead atoms. The van der Waals surface area contributed by atoms with E-state index in [-0.39, 0.29) is 5.54 Å². The molecular weight excluding hydrogens is 476 g/mol. The quantitative estimate of drug-likeness (QED) is 0.489. The first-order valence-electron chi connectivity index (χ1n) is 14.4. The first-order chi connectivity index (χ1) is 18.8. The van der Waals surface area contributed by atoms with Crippen molar-refractivity contribution in [2.75, 3.05) is 55.7 Å². The Morgan fingerprint density at radius 3 is 2.45 bits per heavy atom. The third-order valence-electron chi connectivity index (χ3n) is 9.04. The van der Waals surface area contributed by atoms with Gasteiger partial charge in [0.1, 0.15) is 22.7 Å². The van der Waals surface area contributed by atoms with Gasteiger partial charge in [0.25, 0.3) is 0 Å². The third kappa shape index (κ3) is 4.56. The number of aromatic nitrogens is 5. The zero-order valence-corrected chi connectivity index (χ0v) is 22.1. The van der Waals surface area contributed by atoms with Gasteiger partial charge in [0.2, 0.25) is 0 Å². The van der Waals surface area contributed by atoms with E-state index < -0.39 is 0 Å². The SMILES string of the molecule is c1cc(C2(n3cc(-c4cncc(N5CCCC5)n4)nn3)COC2)ccc1N1CCC[C@@H](NCC2CCC2)C1. The highest BCUT2D eigenvalue weighted by Crippen LogP contribution is 2.36. The number of hydrogen-bond donors (Lipinski definition) is 1. The summed E-state index contributed by atoms with van der Waals surface area (Å²) in [4.78, 5) is 14.1. The van der Waals surface area contributed by atoms with Gasteiger partial charge in [-0.05, 0) is 68.7 Å². The first-order valence-corrected chi connectivity index (χ1v) is 14.4. The summed E-state index contributed by atoms with van der Waals surface area (Å²) in [7, 11) is 0. The van der Waals surface area contributed by atoms with E-state index in [1.807, 2.05) is 17.1 Å². The highest BCUT2D eigenvalue weighted by Gasteiger charge is 2.44. The number of benzene rings is 1. The second kappa shape index (κ2) is 10.3. The predicted octanol–water partition coefficient (Wildman–Crippen LogP) is 3.47. The van der Waals surface area contributed by atoms with E-state index in [0.717, 1.165) is 49.3 Å². The van der Waals surface area contributed by atoms with E-state index in [1.54, 1.807) is 6.20 Å². The number of anilines is 2. The second-order valence-electron chi connectivity index (χ2n) is 11.6. The second-order valence-corrected chi connectivity index (χ2v) is 11.6. The summed E-state index contributed by atoms with van der Waals surface area (Å²) in [6.07, 6.45) is 14.8. The topological polar surface area (TPSA) is 84.2 Å². The number of ether oxygens (including phenoxy) is 1. The largest absolute Gasteiger partial charge is 0.375 e. The fraction of sp³-hybridized carbons (Fsp3) is 0.586. The average molecular weight is 515 g/mol. The smallest absolute Gasteiger partial charge is 0.147 e. The van der Waals surface area contributed by atoms with Crippen molar-refractivity contribution in [1.29, 1.82) is 0 Å². The molecule has 0 spiro atoms. The Hall–Kier alpha value is -3.04. The van der Waals surface area contributed by atoms with Gasteiger partial charge < -0.3 is 19.9 Å². The highest BCUT2D eigenvalue weighted by atomic mass is 16.5. The number of nitrogens with zero attached hydrogens (tertiary/aromatic N) is 7. The molecule has 1 aliphatic carbocycles. The molecule has 7 rings (SSSR count). The van der Waals surface area contributed by atoms with Crippen LogP contribution in [-0.4, -0.2) is 76.9 Å². The van der Waals surface area contributed by atoms with Crippen molar-refractivity contribution in [3.63, 3.8) is 0 Å². The van der Waals surface area contributed by atoms with Gasteiger partial charge in [-0.2, -0.15) is 0 Å². The van der Waals surface area contributed by atoms with Crippen LogP contribution < -0.4 is 15.1 Å². The minimum atomic E-state index is -0.335. The van der Waals surface area contributed by atoms with Gasteiger partial charge in [-0.15, -0.1) is 5.10 Å². The normalized spacial score (nSPS) is 23.3. The predicted molar refractivity (Wildman–Crippen MR) is 147 cm³/mol. The van der Waals surface area contributed by atoms with E-state index >= 15 is 0 Å². The van der Waals surface area contributed by atoms with E-state index in [0.29, 0.717) is 19.3 Å². The van der Waals surface area contributed by atoms with Crippen molar-refractivity contribution in [3.05, 3.63) is 48.4 Å². The van der Waals surface area contributed by atoms with E-state index in [1.165, 1.54) is 62.7 Å². The van der Waals surface area contributed by atoms with E-state index in [2.05, 4.69) is 54.7 Å². The maximum atomic E-state index is 5.73. The zero-order valence-electron chi connectivity index (χ0n) is 22.1. The van der Waals surface area contributed by atoms with Crippen LogP contribution in [0.4, 0.5) is 11.5 Å². The molecule has 0 radical (unpaired) electrons. The van der Waals surface area contributed by atoms with Crippen LogP contribution in [0.25, 0.3) is 11.4 Å². The number of rotatable bonds is 8. The van der Waals surface area contributed by atoms with Gasteiger partial charge in [0.05, 0.1) is 31.8 Å². The summed E-state index contributed by atoms with van der Waals surface area (Å²) in [5, 5.41) is 12.9. The molecule has 3 saturated heterocycles. The lowest BCUT2D eigenvalue weighted by atomic mass is 9.85. The van der Waals surface area contributed by atoms with E-state index in [9.17, 15) is 0 Å². The maximum absolute atomic E-state index is 5.73. The molecule has 4 fully saturated rings. The van der Waals surface area contributed by atoms with Gasteiger partial charge in [0.15, 0.2) is 0 Å². The maximum Gasteiger partial charge on any atom is 0.147 e. The summed E-state index contributed by atoms with van der Waals surface area (Å²) in [6.45, 7) is 6.65. The molecule has 2 aromatic heterocycles. The highest BCUT2D eigenvalue weighted by molar-refractivity contribution is 5.55. The summed E-state index contributed by atoms with van der Waals surface area (Å²) in [6, 6.07) is 9.63. The monoisotopic (exact) mass is 514 g/mol. The Bertz CT molecular complexity index is 1230. The van der Waals surface area contributed by atoms with E-state index in [4.69, 9.17) is 9.72 Å². The van der Waals surface area contributed by atoms with Crippen molar-refractivity contribution in [1.82, 2.24) is 30.3 Å². The van der Waals surface area contributed by atoms with Crippen LogP contribution >= 0.6 is 0 Å². The summed E-state index contributed by atoms with van der Waals surface area (Å²) in [5.74, 6) is 1.83. The van der Waals surface area contributed by atoms with Crippen molar-refractivity contribution in [2.24, 2.45) is 5.92 Å². The average Bonchev–Trinajstić information content (AvgIpc) is 3.62. The Morgan fingerprint density at radius 2 is 1.71 bits per heavy atom. The minimum absolute atomic E-state index is 0.335. The van der Waals surface area contributed by atoms with Gasteiger partial charge in [0, 0.05) is 37.9 Å². The molecule has 9 heteroatoms. The molecule has 1 saturated carbocycles. The fourth-order valence-corrected chi connectivity index (χ4v) is 6.29. The lowest BCUT2D eigenvalue weighted by Gasteiger charge is -2.42. The van der Waals surface area contributed by atoms with Crippen LogP contribution in [0.1, 0.15) is 50.5 Å². The Balaban J connectivity index is 1.06. The van der Waals surface area contributed by atoms with Gasteiger partial charge >= 0.3 is 0 Å². The molecule has 1 aromatic carbocycles. The van der Waals surface area contributed by atoms with Crippen molar-refractivity contribution < 1.29 is 4.74 Å². The molecule has 3 aromatic rings. The third-order valence-corrected chi connectivity index (χ3v) is 9.04. The number of piperidine rings is 1. The number of hydrogen-bond acceptors (Lipinski definition) is 8. The Morgan fingerprint density at radius 1 is 0.895 bits per heavy atom. The standard InChI is InChI=1S/C29H38N8O/c1-2-13-35(12-1)28-17-30-16-26(32-28)27-19-37(34-33-27)29(20-38-21-29)23-8-10-25(11-9-23)36-14-4-7-24(18-36)31-15-22-5-3-6-22/h8-11,16-17,19,22,24,31H,1-7,12-15,18,20-21H2/t24-/m1/s1. The lowest BCUT2D eigenvalue weighted by molar-refractivity contribution is -0.0829. The van der Waals surface area contributed by atoms with Crippen LogP contribution in [0.2, 0.25) is 0 Å². The van der Waals surface area contributed by atoms with Gasteiger partial charge in [-0.1, -0.05) is 23.8 Å². The molecule has 5 heterocycles. The van der Waals surface area contributed by atoms with Crippen molar-refractivity contribution in [2.45, 2.75) is 56.5 Å². The summed E-state index contributed by atoms with van der Waals surface area (Å²) < 4.78 is 7.69. The minimum Gasteiger partial charge on any atom is -0.375 e. The van der Waals surface area contributed by atoms with Gasteiger partial charge in [-0.25, -0.2) is 9.67 Å². The molecule has 200 valence electrons. The first kappa shape index (κ1) is 24.0. The molecule has 0 amide bonds. The Kier molecular flexibility index (Phi) is 6.49. The molecule has 1 atom stereocenters. The van der Waals surface area contributed by atoms with Crippen LogP contribution in [-0.2, 0) is 10.3 Å². The molecule has 4 aliphatic rings. The molecule has 0 unspecified atom stereocenters. The lowest BCUT2D eigenvalue weighted by Crippen LogP contribution is -2.53. The molecular formula is C29H38N8O. The van der Waals surface area contributed by atoms with Crippen LogP contribution in [0.3, 0.4) is 0 Å². The number of nitrogens with one attached hydrogen (secondary N) is 1. The molecule has 9 nitrogen and oxygen atoms in total. The van der Waals surface area contributed by atoms with Crippen molar-refractivity contribution >= 4 is 11.5 Å². The molecule has 38 heavy (non-hydrogen) atoms. The molecule has 1 N–H and O–H groups in total. The Labute approximate surface area is 224 Å².